The smallest absolute Gasteiger partial charge is 0.415 e. The molecule has 0 fully saturated rings. The Kier molecular flexibility index (Phi) is 7.60. The summed E-state index contributed by atoms with van der Waals surface area (Å²) in [5.74, 6) is 0.566. The van der Waals surface area contributed by atoms with E-state index in [-0.39, 0.29) is 16.4 Å². The number of rotatable bonds is 9. The molecule has 0 saturated carbocycles. The van der Waals surface area contributed by atoms with Crippen LogP contribution in [0.3, 0.4) is 0 Å². The molecule has 6 nitrogen and oxygen atoms in total. The number of hydrogen-bond acceptors (Lipinski definition) is 5. The van der Waals surface area contributed by atoms with Crippen LogP contribution in [-0.4, -0.2) is 8.42 Å². The normalized spacial score (nSPS) is 13.5. The van der Waals surface area contributed by atoms with Gasteiger partial charge in [-0.05, 0) is 68.7 Å². The molecule has 1 atom stereocenters. The first-order valence-electron chi connectivity index (χ1n) is 11.8. The molecule has 0 aliphatic rings. The molecule has 0 aliphatic heterocycles. The number of nitrogens with one attached hydrogen (secondary N) is 1. The highest BCUT2D eigenvalue weighted by molar-refractivity contribution is 7.90. The SMILES string of the molecule is Cc1cc(C)c(S(=O)(=O)NC(C)(c2ccccc2)P(=O)(Oc2ccccc2)Oc2ccccc2)c(C)c1. The van der Waals surface area contributed by atoms with Gasteiger partial charge in [-0.2, -0.15) is 4.72 Å². The van der Waals surface area contributed by atoms with Crippen molar-refractivity contribution in [2.45, 2.75) is 37.9 Å². The minimum Gasteiger partial charge on any atom is -0.415 e. The summed E-state index contributed by atoms with van der Waals surface area (Å²) >= 11 is 0. The van der Waals surface area contributed by atoms with E-state index >= 15 is 0 Å². The monoisotopic (exact) mass is 535 g/mol. The highest BCUT2D eigenvalue weighted by atomic mass is 32.2. The van der Waals surface area contributed by atoms with Crippen molar-refractivity contribution in [3.05, 3.63) is 125 Å². The predicted octanol–water partition coefficient (Wildman–Crippen LogP) is 7.11. The van der Waals surface area contributed by atoms with Gasteiger partial charge in [-0.15, -0.1) is 0 Å². The van der Waals surface area contributed by atoms with Gasteiger partial charge in [-0.1, -0.05) is 84.4 Å². The highest BCUT2D eigenvalue weighted by Crippen LogP contribution is 2.63. The quantitative estimate of drug-likeness (QED) is 0.231. The van der Waals surface area contributed by atoms with E-state index in [0.717, 1.165) is 5.56 Å². The van der Waals surface area contributed by atoms with E-state index in [1.165, 1.54) is 6.92 Å². The van der Waals surface area contributed by atoms with Crippen molar-refractivity contribution in [3.8, 4) is 11.5 Å². The molecule has 0 heterocycles. The Morgan fingerprint density at radius 3 is 1.54 bits per heavy atom. The van der Waals surface area contributed by atoms with Gasteiger partial charge in [-0.3, -0.25) is 0 Å². The number of aryl methyl sites for hydroxylation is 3. The van der Waals surface area contributed by atoms with Gasteiger partial charge in [0.25, 0.3) is 0 Å². The standard InChI is InChI=1S/C29H30NO5PS/c1-22-20-23(2)28(24(3)21-22)37(32,33)30-29(4,25-14-8-5-9-15-25)36(31,34-26-16-10-6-11-17-26)35-27-18-12-7-13-19-27/h5-21,30H,1-4H3. The summed E-state index contributed by atoms with van der Waals surface area (Å²) in [6.45, 7) is 6.93. The second-order valence-corrected chi connectivity index (χ2v) is 13.0. The van der Waals surface area contributed by atoms with Gasteiger partial charge in [0, 0.05) is 0 Å². The van der Waals surface area contributed by atoms with E-state index in [0.29, 0.717) is 16.7 Å². The van der Waals surface area contributed by atoms with Crippen LogP contribution in [0.4, 0.5) is 0 Å². The van der Waals surface area contributed by atoms with Crippen molar-refractivity contribution in [1.82, 2.24) is 4.72 Å². The molecule has 0 aliphatic carbocycles. The number of hydrogen-bond donors (Lipinski definition) is 1. The third-order valence-corrected chi connectivity index (χ3v) is 10.4. The van der Waals surface area contributed by atoms with Crippen LogP contribution in [-0.2, 0) is 19.9 Å². The summed E-state index contributed by atoms with van der Waals surface area (Å²) in [6, 6.07) is 29.5. The van der Waals surface area contributed by atoms with Crippen LogP contribution in [0.2, 0.25) is 0 Å². The average molecular weight is 536 g/mol. The lowest BCUT2D eigenvalue weighted by Gasteiger charge is -2.37. The number of para-hydroxylation sites is 2. The summed E-state index contributed by atoms with van der Waals surface area (Å²) < 4.78 is 57.8. The Hall–Kier alpha value is -3.38. The lowest BCUT2D eigenvalue weighted by Crippen LogP contribution is -2.45. The fourth-order valence-electron chi connectivity index (χ4n) is 4.38. The molecule has 4 aromatic rings. The van der Waals surface area contributed by atoms with Crippen molar-refractivity contribution < 1.29 is 22.0 Å². The van der Waals surface area contributed by atoms with Gasteiger partial charge in [0.2, 0.25) is 10.0 Å². The molecule has 8 heteroatoms. The van der Waals surface area contributed by atoms with Gasteiger partial charge in [0.05, 0.1) is 4.90 Å². The maximum atomic E-state index is 14.9. The fraction of sp³-hybridized carbons (Fsp3) is 0.172. The Morgan fingerprint density at radius 2 is 1.11 bits per heavy atom. The topological polar surface area (TPSA) is 81.7 Å². The lowest BCUT2D eigenvalue weighted by molar-refractivity contribution is 0.337. The molecule has 1 unspecified atom stereocenters. The van der Waals surface area contributed by atoms with Crippen LogP contribution in [0.5, 0.6) is 11.5 Å². The largest absolute Gasteiger partial charge is 0.455 e. The van der Waals surface area contributed by atoms with E-state index in [1.54, 1.807) is 105 Å². The van der Waals surface area contributed by atoms with Gasteiger partial charge >= 0.3 is 7.60 Å². The maximum absolute atomic E-state index is 14.9. The summed E-state index contributed by atoms with van der Waals surface area (Å²) in [4.78, 5) is 0.131. The number of sulfonamides is 1. The minimum atomic E-state index is -4.35. The van der Waals surface area contributed by atoms with Crippen molar-refractivity contribution in [2.75, 3.05) is 0 Å². The third kappa shape index (κ3) is 5.64. The van der Waals surface area contributed by atoms with Gasteiger partial charge in [0.1, 0.15) is 11.5 Å². The third-order valence-electron chi connectivity index (χ3n) is 6.03. The van der Waals surface area contributed by atoms with Crippen molar-refractivity contribution >= 4 is 17.6 Å². The van der Waals surface area contributed by atoms with Crippen LogP contribution in [0.15, 0.2) is 108 Å². The highest BCUT2D eigenvalue weighted by Gasteiger charge is 2.54. The van der Waals surface area contributed by atoms with E-state index < -0.39 is 22.9 Å². The number of benzene rings is 4. The zero-order chi connectivity index (χ0) is 26.7. The Bertz CT molecular complexity index is 1460. The van der Waals surface area contributed by atoms with Gasteiger partial charge in [-0.25, -0.2) is 13.0 Å². The molecule has 0 saturated heterocycles. The zero-order valence-corrected chi connectivity index (χ0v) is 22.9. The minimum absolute atomic E-state index is 0.131. The molecular formula is C29H30NO5PS. The van der Waals surface area contributed by atoms with Crippen molar-refractivity contribution in [1.29, 1.82) is 0 Å². The lowest BCUT2D eigenvalue weighted by atomic mass is 10.1. The van der Waals surface area contributed by atoms with E-state index in [2.05, 4.69) is 4.72 Å². The molecule has 0 radical (unpaired) electrons. The summed E-state index contributed by atoms with van der Waals surface area (Å²) in [5.41, 5.74) is 2.55. The molecule has 1 N–H and O–H groups in total. The molecule has 37 heavy (non-hydrogen) atoms. The van der Waals surface area contributed by atoms with Crippen LogP contribution in [0.1, 0.15) is 29.2 Å². The molecule has 4 aromatic carbocycles. The fourth-order valence-corrected chi connectivity index (χ4v) is 8.56. The van der Waals surface area contributed by atoms with Gasteiger partial charge < -0.3 is 9.05 Å². The molecule has 0 bridgehead atoms. The zero-order valence-electron chi connectivity index (χ0n) is 21.2. The van der Waals surface area contributed by atoms with Crippen LogP contribution in [0.25, 0.3) is 0 Å². The van der Waals surface area contributed by atoms with Crippen LogP contribution in [0, 0.1) is 20.8 Å². The second-order valence-electron chi connectivity index (χ2n) is 9.08. The first-order chi connectivity index (χ1) is 17.5. The summed E-state index contributed by atoms with van der Waals surface area (Å²) in [7, 11) is -8.55. The van der Waals surface area contributed by atoms with Crippen molar-refractivity contribution in [3.63, 3.8) is 0 Å². The van der Waals surface area contributed by atoms with Gasteiger partial charge in [0.15, 0.2) is 5.28 Å². The Balaban J connectivity index is 1.92. The molecule has 0 aromatic heterocycles. The molecule has 0 spiro atoms. The van der Waals surface area contributed by atoms with E-state index in [4.69, 9.17) is 9.05 Å². The predicted molar refractivity (Wildman–Crippen MR) is 147 cm³/mol. The van der Waals surface area contributed by atoms with Crippen molar-refractivity contribution in [2.24, 2.45) is 0 Å². The molecular weight excluding hydrogens is 505 g/mol. The summed E-state index contributed by atoms with van der Waals surface area (Å²) in [6.07, 6.45) is 0. The average Bonchev–Trinajstić information content (AvgIpc) is 2.84. The van der Waals surface area contributed by atoms with E-state index in [1.807, 2.05) is 19.1 Å². The van der Waals surface area contributed by atoms with Crippen LogP contribution < -0.4 is 13.8 Å². The first kappa shape index (κ1) is 26.7. The maximum Gasteiger partial charge on any atom is 0.455 e. The van der Waals surface area contributed by atoms with Crippen LogP contribution >= 0.6 is 7.60 Å². The van der Waals surface area contributed by atoms with E-state index in [9.17, 15) is 13.0 Å². The second kappa shape index (κ2) is 10.5. The molecule has 192 valence electrons. The Labute approximate surface area is 218 Å². The molecule has 0 amide bonds. The summed E-state index contributed by atoms with van der Waals surface area (Å²) in [5, 5.41) is -1.80. The Morgan fingerprint density at radius 1 is 0.703 bits per heavy atom. The molecule has 4 rings (SSSR count). The first-order valence-corrected chi connectivity index (χ1v) is 14.8.